The molecule has 166 valence electrons. The van der Waals surface area contributed by atoms with Gasteiger partial charge >= 0.3 is 6.61 Å². The Labute approximate surface area is 176 Å². The van der Waals surface area contributed by atoms with Crippen LogP contribution < -0.4 is 4.74 Å². The summed E-state index contributed by atoms with van der Waals surface area (Å²) in [5, 5.41) is 0. The van der Waals surface area contributed by atoms with Gasteiger partial charge in [0.15, 0.2) is 0 Å². The standard InChI is InChI=1S/C21H28F2N2O4S/c22-20(23)29-18-3-5-19(6-4-18)30(26,27)25-16-1-2-17(25)12-21(11-16)13-24(14-21)15-7-9-28-10-8-15/h3-6,15-17,20H,1-2,7-14H2. The van der Waals surface area contributed by atoms with Crippen molar-refractivity contribution in [3.05, 3.63) is 24.3 Å². The highest BCUT2D eigenvalue weighted by atomic mass is 32.2. The van der Waals surface area contributed by atoms with E-state index in [-0.39, 0.29) is 28.1 Å². The van der Waals surface area contributed by atoms with Crippen LogP contribution in [0.25, 0.3) is 0 Å². The largest absolute Gasteiger partial charge is 0.435 e. The van der Waals surface area contributed by atoms with E-state index in [9.17, 15) is 17.2 Å². The van der Waals surface area contributed by atoms with E-state index < -0.39 is 16.6 Å². The molecule has 0 radical (unpaired) electrons. The lowest BCUT2D eigenvalue weighted by Crippen LogP contribution is -2.65. The molecule has 1 spiro atoms. The van der Waals surface area contributed by atoms with Gasteiger partial charge in [-0.15, -0.1) is 0 Å². The van der Waals surface area contributed by atoms with Crippen LogP contribution in [0.1, 0.15) is 38.5 Å². The van der Waals surface area contributed by atoms with E-state index in [1.807, 2.05) is 0 Å². The summed E-state index contributed by atoms with van der Waals surface area (Å²) in [6.45, 7) is 0.889. The van der Waals surface area contributed by atoms with Crippen molar-refractivity contribution in [3.8, 4) is 5.75 Å². The molecule has 0 amide bonds. The average molecular weight is 443 g/mol. The quantitative estimate of drug-likeness (QED) is 0.702. The normalized spacial score (nSPS) is 30.0. The summed E-state index contributed by atoms with van der Waals surface area (Å²) in [6, 6.07) is 6.00. The minimum Gasteiger partial charge on any atom is -0.435 e. The molecule has 4 heterocycles. The maximum atomic E-state index is 13.3. The minimum absolute atomic E-state index is 0.0302. The zero-order valence-electron chi connectivity index (χ0n) is 16.9. The zero-order valence-corrected chi connectivity index (χ0v) is 17.7. The number of piperidine rings is 1. The predicted molar refractivity (Wildman–Crippen MR) is 106 cm³/mol. The van der Waals surface area contributed by atoms with Crippen LogP contribution >= 0.6 is 0 Å². The van der Waals surface area contributed by atoms with Gasteiger partial charge in [-0.25, -0.2) is 8.42 Å². The van der Waals surface area contributed by atoms with Crippen molar-refractivity contribution < 1.29 is 26.7 Å². The molecule has 6 nitrogen and oxygen atoms in total. The van der Waals surface area contributed by atoms with Gasteiger partial charge in [0.2, 0.25) is 10.0 Å². The summed E-state index contributed by atoms with van der Waals surface area (Å²) in [5.41, 5.74) is 0.241. The molecule has 2 unspecified atom stereocenters. The maximum Gasteiger partial charge on any atom is 0.387 e. The van der Waals surface area contributed by atoms with Crippen LogP contribution in [0.3, 0.4) is 0 Å². The topological polar surface area (TPSA) is 59.1 Å². The van der Waals surface area contributed by atoms with Gasteiger partial charge in [0.1, 0.15) is 5.75 Å². The van der Waals surface area contributed by atoms with Crippen LogP contribution in [0.5, 0.6) is 5.75 Å². The fourth-order valence-corrected chi connectivity index (χ4v) is 7.96. The van der Waals surface area contributed by atoms with Crippen LogP contribution in [0, 0.1) is 5.41 Å². The Kier molecular flexibility index (Phi) is 5.28. The first-order valence-corrected chi connectivity index (χ1v) is 12.2. The van der Waals surface area contributed by atoms with E-state index in [1.165, 1.54) is 24.3 Å². The molecule has 0 N–H and O–H groups in total. The molecule has 0 aromatic heterocycles. The van der Waals surface area contributed by atoms with Crippen molar-refractivity contribution >= 4 is 10.0 Å². The van der Waals surface area contributed by atoms with E-state index in [0.717, 1.165) is 64.8 Å². The van der Waals surface area contributed by atoms with Gasteiger partial charge in [-0.1, -0.05) is 0 Å². The number of rotatable bonds is 5. The Balaban J connectivity index is 1.27. The Bertz CT molecular complexity index is 851. The van der Waals surface area contributed by atoms with E-state index in [0.29, 0.717) is 6.04 Å². The molecule has 2 atom stereocenters. The van der Waals surface area contributed by atoms with Gasteiger partial charge in [-0.3, -0.25) is 4.90 Å². The summed E-state index contributed by atoms with van der Waals surface area (Å²) in [6.07, 6.45) is 5.80. The van der Waals surface area contributed by atoms with Crippen molar-refractivity contribution in [1.29, 1.82) is 0 Å². The molecule has 2 bridgehead atoms. The monoisotopic (exact) mass is 442 g/mol. The second-order valence-electron chi connectivity index (χ2n) is 9.23. The third-order valence-electron chi connectivity index (χ3n) is 7.30. The molecule has 0 aliphatic carbocycles. The number of nitrogens with zero attached hydrogens (tertiary/aromatic N) is 2. The molecule has 1 aromatic rings. The average Bonchev–Trinajstić information content (AvgIpc) is 2.99. The van der Waals surface area contributed by atoms with E-state index >= 15 is 0 Å². The van der Waals surface area contributed by atoms with Gasteiger partial charge in [0.05, 0.1) is 4.90 Å². The van der Waals surface area contributed by atoms with Crippen LogP contribution in [0.15, 0.2) is 29.2 Å². The number of sulfonamides is 1. The van der Waals surface area contributed by atoms with Crippen LogP contribution in [-0.2, 0) is 14.8 Å². The molecule has 4 fully saturated rings. The molecule has 9 heteroatoms. The van der Waals surface area contributed by atoms with Crippen molar-refractivity contribution in [2.45, 2.75) is 68.2 Å². The van der Waals surface area contributed by atoms with Crippen molar-refractivity contribution in [2.24, 2.45) is 5.41 Å². The molecule has 5 rings (SSSR count). The van der Waals surface area contributed by atoms with Gasteiger partial charge in [-0.05, 0) is 68.2 Å². The van der Waals surface area contributed by atoms with Gasteiger partial charge in [-0.2, -0.15) is 13.1 Å². The number of fused-ring (bicyclic) bond motifs is 2. The Hall–Kier alpha value is -1.29. The fraction of sp³-hybridized carbons (Fsp3) is 0.714. The highest BCUT2D eigenvalue weighted by Gasteiger charge is 2.57. The smallest absolute Gasteiger partial charge is 0.387 e. The number of hydrogen-bond acceptors (Lipinski definition) is 5. The molecule has 1 aromatic carbocycles. The Morgan fingerprint density at radius 3 is 2.13 bits per heavy atom. The van der Waals surface area contributed by atoms with E-state index in [1.54, 1.807) is 4.31 Å². The first kappa shape index (κ1) is 20.6. The number of alkyl halides is 2. The first-order valence-electron chi connectivity index (χ1n) is 10.8. The Morgan fingerprint density at radius 1 is 0.967 bits per heavy atom. The highest BCUT2D eigenvalue weighted by molar-refractivity contribution is 7.89. The van der Waals surface area contributed by atoms with Crippen molar-refractivity contribution in [1.82, 2.24) is 9.21 Å². The molecule has 30 heavy (non-hydrogen) atoms. The zero-order chi connectivity index (χ0) is 20.9. The van der Waals surface area contributed by atoms with Gasteiger partial charge < -0.3 is 9.47 Å². The molecular formula is C21H28F2N2O4S. The summed E-state index contributed by atoms with van der Waals surface area (Å²) in [7, 11) is -3.65. The van der Waals surface area contributed by atoms with Crippen LogP contribution in [0.2, 0.25) is 0 Å². The molecule has 4 saturated heterocycles. The van der Waals surface area contributed by atoms with Crippen molar-refractivity contribution in [2.75, 3.05) is 26.3 Å². The minimum atomic E-state index is -3.65. The second kappa shape index (κ2) is 7.69. The SMILES string of the molecule is O=S(=O)(c1ccc(OC(F)F)cc1)N1C2CCC1CC1(C2)CN(C2CCOCC2)C1. The molecule has 0 saturated carbocycles. The number of hydrogen-bond donors (Lipinski definition) is 0. The summed E-state index contributed by atoms with van der Waals surface area (Å²) in [5.74, 6) is -0.0350. The number of ether oxygens (including phenoxy) is 2. The summed E-state index contributed by atoms with van der Waals surface area (Å²) in [4.78, 5) is 2.71. The molecule has 4 aliphatic rings. The van der Waals surface area contributed by atoms with Crippen LogP contribution in [-0.4, -0.2) is 68.7 Å². The second-order valence-corrected chi connectivity index (χ2v) is 11.1. The van der Waals surface area contributed by atoms with Gasteiger partial charge in [0, 0.05) is 44.4 Å². The predicted octanol–water partition coefficient (Wildman–Crippen LogP) is 3.08. The third-order valence-corrected chi connectivity index (χ3v) is 9.32. The lowest BCUT2D eigenvalue weighted by atomic mass is 9.69. The lowest BCUT2D eigenvalue weighted by Gasteiger charge is -2.58. The van der Waals surface area contributed by atoms with Gasteiger partial charge in [0.25, 0.3) is 0 Å². The van der Waals surface area contributed by atoms with E-state index in [4.69, 9.17) is 4.74 Å². The Morgan fingerprint density at radius 2 is 1.57 bits per heavy atom. The van der Waals surface area contributed by atoms with Crippen LogP contribution in [0.4, 0.5) is 8.78 Å². The third kappa shape index (κ3) is 3.63. The molecule has 4 aliphatic heterocycles. The van der Waals surface area contributed by atoms with Crippen molar-refractivity contribution in [3.63, 3.8) is 0 Å². The van der Waals surface area contributed by atoms with E-state index in [2.05, 4.69) is 9.64 Å². The summed E-state index contributed by atoms with van der Waals surface area (Å²) < 4.78 is 62.9. The highest BCUT2D eigenvalue weighted by Crippen LogP contribution is 2.52. The first-order chi connectivity index (χ1) is 14.4. The maximum absolute atomic E-state index is 13.3. The number of benzene rings is 1. The fourth-order valence-electron chi connectivity index (χ4n) is 6.09. The number of likely N-dealkylation sites (tertiary alicyclic amines) is 1. The summed E-state index contributed by atoms with van der Waals surface area (Å²) >= 11 is 0. The number of halogens is 2. The molecular weight excluding hydrogens is 414 g/mol. The lowest BCUT2D eigenvalue weighted by molar-refractivity contribution is -0.0955.